The van der Waals surface area contributed by atoms with Crippen molar-refractivity contribution in [3.8, 4) is 0 Å². The molecule has 2 aromatic rings. The highest BCUT2D eigenvalue weighted by atomic mass is 16.3. The minimum absolute atomic E-state index is 0.438. The molecule has 1 unspecified atom stereocenters. The van der Waals surface area contributed by atoms with E-state index in [2.05, 4.69) is 0 Å². The molecular weight excluding hydrogens is 248 g/mol. The van der Waals surface area contributed by atoms with Crippen molar-refractivity contribution in [3.05, 3.63) is 70.8 Å². The highest BCUT2D eigenvalue weighted by Crippen LogP contribution is 2.23. The Bertz CT molecular complexity index is 593. The molecule has 0 saturated heterocycles. The first-order valence-corrected chi connectivity index (χ1v) is 6.79. The molecule has 1 atom stereocenters. The van der Waals surface area contributed by atoms with Crippen LogP contribution in [0.4, 0.5) is 0 Å². The molecule has 106 valence electrons. The number of rotatable bonds is 4. The van der Waals surface area contributed by atoms with Crippen LogP contribution in [0.3, 0.4) is 0 Å². The second kappa shape index (κ2) is 5.75. The van der Waals surface area contributed by atoms with Gasteiger partial charge in [-0.25, -0.2) is 0 Å². The number of aliphatic hydroxyl groups excluding tert-OH is 1. The van der Waals surface area contributed by atoms with Gasteiger partial charge in [0.1, 0.15) is 5.66 Å². The number of nitrogens with two attached hydrogens (primary N) is 2. The molecule has 0 fully saturated rings. The Balaban J connectivity index is 2.26. The van der Waals surface area contributed by atoms with E-state index in [1.807, 2.05) is 62.4 Å². The molecule has 0 saturated carbocycles. The third-order valence-electron chi connectivity index (χ3n) is 3.84. The Morgan fingerprint density at radius 2 is 1.50 bits per heavy atom. The van der Waals surface area contributed by atoms with Crippen molar-refractivity contribution < 1.29 is 5.11 Å². The van der Waals surface area contributed by atoms with Crippen molar-refractivity contribution in [1.82, 2.24) is 0 Å². The van der Waals surface area contributed by atoms with Crippen LogP contribution in [0.5, 0.6) is 0 Å². The fourth-order valence-corrected chi connectivity index (χ4v) is 2.45. The summed E-state index contributed by atoms with van der Waals surface area (Å²) in [6, 6.07) is 15.6. The van der Waals surface area contributed by atoms with E-state index in [0.717, 1.165) is 22.3 Å². The quantitative estimate of drug-likeness (QED) is 0.744. The van der Waals surface area contributed by atoms with E-state index in [9.17, 15) is 5.11 Å². The number of hydrogen-bond donors (Lipinski definition) is 3. The van der Waals surface area contributed by atoms with Gasteiger partial charge in [0, 0.05) is 6.42 Å². The molecule has 0 spiro atoms. The molecule has 0 amide bonds. The third-order valence-corrected chi connectivity index (χ3v) is 3.84. The van der Waals surface area contributed by atoms with E-state index < -0.39 is 11.8 Å². The van der Waals surface area contributed by atoms with Gasteiger partial charge in [-0.2, -0.15) is 0 Å². The summed E-state index contributed by atoms with van der Waals surface area (Å²) in [6.45, 7) is 3.97. The van der Waals surface area contributed by atoms with Crippen LogP contribution in [-0.2, 0) is 12.1 Å². The topological polar surface area (TPSA) is 72.3 Å². The Morgan fingerprint density at radius 3 is 2.10 bits per heavy atom. The fourth-order valence-electron chi connectivity index (χ4n) is 2.45. The number of aliphatic hydroxyl groups is 1. The van der Waals surface area contributed by atoms with Crippen molar-refractivity contribution in [2.75, 3.05) is 0 Å². The summed E-state index contributed by atoms with van der Waals surface area (Å²) >= 11 is 0. The molecule has 20 heavy (non-hydrogen) atoms. The van der Waals surface area contributed by atoms with E-state index in [1.54, 1.807) is 0 Å². The van der Waals surface area contributed by atoms with Crippen LogP contribution in [0, 0.1) is 13.8 Å². The summed E-state index contributed by atoms with van der Waals surface area (Å²) in [4.78, 5) is 0. The van der Waals surface area contributed by atoms with Crippen LogP contribution < -0.4 is 11.5 Å². The number of aryl methyl sites for hydroxylation is 2. The Hall–Kier alpha value is -1.68. The predicted octanol–water partition coefficient (Wildman–Crippen LogP) is 1.98. The van der Waals surface area contributed by atoms with E-state index in [4.69, 9.17) is 11.5 Å². The zero-order valence-electron chi connectivity index (χ0n) is 12.0. The lowest BCUT2D eigenvalue weighted by Crippen LogP contribution is -2.56. The standard InChI is InChI=1S/C17H22N2O/c1-12-7-3-5-9-14(12)11-16(20)17(18,19)15-10-6-4-8-13(15)2/h3-10,16,20H,11,18-19H2,1-2H3. The van der Waals surface area contributed by atoms with Gasteiger partial charge in [0.25, 0.3) is 0 Å². The molecule has 5 N–H and O–H groups in total. The van der Waals surface area contributed by atoms with Crippen molar-refractivity contribution in [3.63, 3.8) is 0 Å². The van der Waals surface area contributed by atoms with Gasteiger partial charge >= 0.3 is 0 Å². The summed E-state index contributed by atoms with van der Waals surface area (Å²) in [7, 11) is 0. The Morgan fingerprint density at radius 1 is 0.950 bits per heavy atom. The predicted molar refractivity (Wildman–Crippen MR) is 82.1 cm³/mol. The third kappa shape index (κ3) is 2.90. The van der Waals surface area contributed by atoms with E-state index in [-0.39, 0.29) is 0 Å². The molecule has 2 rings (SSSR count). The Labute approximate surface area is 120 Å². The molecule has 3 nitrogen and oxygen atoms in total. The van der Waals surface area contributed by atoms with Gasteiger partial charge in [-0.15, -0.1) is 0 Å². The average molecular weight is 270 g/mol. The number of hydrogen-bond acceptors (Lipinski definition) is 3. The Kier molecular flexibility index (Phi) is 4.23. The van der Waals surface area contributed by atoms with Gasteiger partial charge < -0.3 is 16.6 Å². The molecule has 0 bridgehead atoms. The smallest absolute Gasteiger partial charge is 0.117 e. The second-order valence-electron chi connectivity index (χ2n) is 5.39. The van der Waals surface area contributed by atoms with Crippen molar-refractivity contribution in [2.24, 2.45) is 11.5 Å². The molecular formula is C17H22N2O. The van der Waals surface area contributed by atoms with E-state index in [0.29, 0.717) is 6.42 Å². The average Bonchev–Trinajstić information content (AvgIpc) is 2.41. The highest BCUT2D eigenvalue weighted by molar-refractivity contribution is 5.34. The van der Waals surface area contributed by atoms with Crippen LogP contribution in [0.15, 0.2) is 48.5 Å². The van der Waals surface area contributed by atoms with Gasteiger partial charge in [-0.05, 0) is 36.1 Å². The number of benzene rings is 2. The van der Waals surface area contributed by atoms with Gasteiger partial charge in [-0.1, -0.05) is 48.5 Å². The summed E-state index contributed by atoms with van der Waals surface area (Å²) in [5.74, 6) is 0. The molecule has 0 aromatic heterocycles. The maximum Gasteiger partial charge on any atom is 0.117 e. The SMILES string of the molecule is Cc1ccccc1CC(O)C(N)(N)c1ccccc1C. The van der Waals surface area contributed by atoms with Crippen molar-refractivity contribution in [1.29, 1.82) is 0 Å². The van der Waals surface area contributed by atoms with Crippen molar-refractivity contribution >= 4 is 0 Å². The molecule has 0 aliphatic carbocycles. The summed E-state index contributed by atoms with van der Waals surface area (Å²) in [5.41, 5.74) is 15.1. The van der Waals surface area contributed by atoms with Crippen LogP contribution in [-0.4, -0.2) is 11.2 Å². The molecule has 0 heterocycles. The molecule has 0 aliphatic rings. The molecule has 0 radical (unpaired) electrons. The molecule has 3 heteroatoms. The molecule has 0 aliphatic heterocycles. The van der Waals surface area contributed by atoms with Gasteiger partial charge in [-0.3, -0.25) is 0 Å². The van der Waals surface area contributed by atoms with Gasteiger partial charge in [0.05, 0.1) is 6.10 Å². The van der Waals surface area contributed by atoms with Gasteiger partial charge in [0.15, 0.2) is 0 Å². The first-order valence-electron chi connectivity index (χ1n) is 6.79. The maximum absolute atomic E-state index is 10.5. The minimum atomic E-state index is -1.26. The van der Waals surface area contributed by atoms with Crippen LogP contribution >= 0.6 is 0 Å². The highest BCUT2D eigenvalue weighted by Gasteiger charge is 2.32. The van der Waals surface area contributed by atoms with E-state index in [1.165, 1.54) is 0 Å². The normalized spacial score (nSPS) is 13.2. The summed E-state index contributed by atoms with van der Waals surface area (Å²) in [6.07, 6.45) is -0.404. The largest absolute Gasteiger partial charge is 0.389 e. The molecule has 2 aromatic carbocycles. The first kappa shape index (κ1) is 14.7. The van der Waals surface area contributed by atoms with Crippen molar-refractivity contribution in [2.45, 2.75) is 32.0 Å². The second-order valence-corrected chi connectivity index (χ2v) is 5.39. The van der Waals surface area contributed by atoms with Crippen LogP contribution in [0.1, 0.15) is 22.3 Å². The lowest BCUT2D eigenvalue weighted by atomic mass is 9.87. The van der Waals surface area contributed by atoms with Crippen LogP contribution in [0.25, 0.3) is 0 Å². The summed E-state index contributed by atoms with van der Waals surface area (Å²) < 4.78 is 0. The van der Waals surface area contributed by atoms with E-state index >= 15 is 0 Å². The van der Waals surface area contributed by atoms with Crippen LogP contribution in [0.2, 0.25) is 0 Å². The first-order chi connectivity index (χ1) is 9.43. The lowest BCUT2D eigenvalue weighted by Gasteiger charge is -2.32. The summed E-state index contributed by atoms with van der Waals surface area (Å²) in [5, 5.41) is 10.5. The zero-order chi connectivity index (χ0) is 14.8. The fraction of sp³-hybridized carbons (Fsp3) is 0.294. The zero-order valence-corrected chi connectivity index (χ0v) is 12.0. The monoisotopic (exact) mass is 270 g/mol. The van der Waals surface area contributed by atoms with Gasteiger partial charge in [0.2, 0.25) is 0 Å². The lowest BCUT2D eigenvalue weighted by molar-refractivity contribution is 0.0855. The maximum atomic E-state index is 10.5. The minimum Gasteiger partial charge on any atom is -0.389 e.